The molecule has 0 bridgehead atoms. The summed E-state index contributed by atoms with van der Waals surface area (Å²) < 4.78 is 150. The molecule has 0 amide bonds. The standard InChI is InChI=1S/C6H10F4O6S2.C6H10O6S2/c1-17(11,12)15-3-5(7,8)6(9,10)4-16-18(2,13)14;1-13(7,8)11-5-3-4-6-12-14(2,9)10/h3-4H2,1-2H3;5-6H2,1-2H3. The highest BCUT2D eigenvalue weighted by Crippen LogP contribution is 2.35. The first kappa shape index (κ1) is 33.1. The molecule has 32 heavy (non-hydrogen) atoms. The van der Waals surface area contributed by atoms with Crippen LogP contribution in [0.1, 0.15) is 0 Å². The van der Waals surface area contributed by atoms with Gasteiger partial charge in [-0.1, -0.05) is 11.8 Å². The molecule has 0 saturated heterocycles. The van der Waals surface area contributed by atoms with E-state index < -0.39 is 65.5 Å². The molecule has 0 aliphatic rings. The minimum Gasteiger partial charge on any atom is -0.264 e. The average Bonchev–Trinajstić information content (AvgIpc) is 2.52. The summed E-state index contributed by atoms with van der Waals surface area (Å²) in [5, 5.41) is 0. The predicted molar refractivity (Wildman–Crippen MR) is 101 cm³/mol. The Hall–Kier alpha value is -1.08. The molecule has 0 aromatic rings. The summed E-state index contributed by atoms with van der Waals surface area (Å²) in [7, 11) is -15.7. The monoisotopic (exact) mass is 560 g/mol. The van der Waals surface area contributed by atoms with Gasteiger partial charge in [0.05, 0.1) is 25.0 Å². The van der Waals surface area contributed by atoms with E-state index in [-0.39, 0.29) is 13.2 Å². The van der Waals surface area contributed by atoms with Crippen LogP contribution in [-0.2, 0) is 57.2 Å². The zero-order chi connectivity index (χ0) is 26.1. The van der Waals surface area contributed by atoms with Crippen molar-refractivity contribution < 1.29 is 68.0 Å². The van der Waals surface area contributed by atoms with Crippen LogP contribution in [0.3, 0.4) is 0 Å². The maximum Gasteiger partial charge on any atom is 0.336 e. The molecule has 0 aliphatic heterocycles. The van der Waals surface area contributed by atoms with E-state index in [4.69, 9.17) is 0 Å². The Morgan fingerprint density at radius 3 is 0.938 bits per heavy atom. The lowest BCUT2D eigenvalue weighted by Crippen LogP contribution is -2.48. The zero-order valence-electron chi connectivity index (χ0n) is 16.9. The molecular formula is C12H20F4O12S4. The van der Waals surface area contributed by atoms with E-state index in [1.54, 1.807) is 0 Å². The molecule has 0 aliphatic carbocycles. The Kier molecular flexibility index (Phi) is 12.8. The van der Waals surface area contributed by atoms with Gasteiger partial charge < -0.3 is 0 Å². The maximum atomic E-state index is 12.9. The molecule has 20 heteroatoms. The molecule has 0 aromatic heterocycles. The van der Waals surface area contributed by atoms with Gasteiger partial charge in [0.1, 0.15) is 26.4 Å². The van der Waals surface area contributed by atoms with Crippen molar-refractivity contribution >= 4 is 40.5 Å². The summed E-state index contributed by atoms with van der Waals surface area (Å²) >= 11 is 0. The highest BCUT2D eigenvalue weighted by Gasteiger charge is 2.57. The first-order valence-electron chi connectivity index (χ1n) is 7.46. The first-order chi connectivity index (χ1) is 13.9. The molecule has 192 valence electrons. The quantitative estimate of drug-likeness (QED) is 0.174. The number of hydrogen-bond acceptors (Lipinski definition) is 12. The molecule has 12 nitrogen and oxygen atoms in total. The molecule has 0 spiro atoms. The molecule has 0 fully saturated rings. The summed E-state index contributed by atoms with van der Waals surface area (Å²) in [6.07, 6.45) is 2.58. The third-order valence-electron chi connectivity index (χ3n) is 2.26. The van der Waals surface area contributed by atoms with Gasteiger partial charge in [0, 0.05) is 0 Å². The van der Waals surface area contributed by atoms with Crippen LogP contribution in [0.15, 0.2) is 0 Å². The third-order valence-corrected chi connectivity index (χ3v) is 4.44. The second kappa shape index (κ2) is 12.4. The van der Waals surface area contributed by atoms with Crippen molar-refractivity contribution in [1.29, 1.82) is 0 Å². The van der Waals surface area contributed by atoms with Crippen LogP contribution < -0.4 is 0 Å². The Bertz CT molecular complexity index is 998. The van der Waals surface area contributed by atoms with Gasteiger partial charge in [-0.25, -0.2) is 0 Å². The molecule has 0 heterocycles. The lowest BCUT2D eigenvalue weighted by atomic mass is 10.2. The minimum absolute atomic E-state index is 0.314. The van der Waals surface area contributed by atoms with Crippen LogP contribution in [0, 0.1) is 11.8 Å². The van der Waals surface area contributed by atoms with Gasteiger partial charge in [-0.05, 0) is 0 Å². The first-order valence-corrected chi connectivity index (χ1v) is 14.7. The van der Waals surface area contributed by atoms with Gasteiger partial charge in [-0.15, -0.1) is 0 Å². The summed E-state index contributed by atoms with van der Waals surface area (Å²) in [5.74, 6) is -5.26. The number of halogens is 4. The van der Waals surface area contributed by atoms with Crippen molar-refractivity contribution in [2.45, 2.75) is 11.8 Å². The van der Waals surface area contributed by atoms with Crippen molar-refractivity contribution in [3.8, 4) is 11.8 Å². The SMILES string of the molecule is CS(=O)(=O)OCC#CCOS(C)(=O)=O.CS(=O)(=O)OCC(F)(F)C(F)(F)COS(C)(=O)=O. The van der Waals surface area contributed by atoms with Crippen molar-refractivity contribution in [2.75, 3.05) is 51.5 Å². The van der Waals surface area contributed by atoms with E-state index in [0.29, 0.717) is 12.5 Å². The molecule has 0 unspecified atom stereocenters. The normalized spacial score (nSPS) is 13.5. The van der Waals surface area contributed by atoms with Crippen molar-refractivity contribution in [3.63, 3.8) is 0 Å². The van der Waals surface area contributed by atoms with Crippen molar-refractivity contribution in [3.05, 3.63) is 0 Å². The molecule has 0 saturated carbocycles. The van der Waals surface area contributed by atoms with Gasteiger partial charge in [0.25, 0.3) is 40.5 Å². The van der Waals surface area contributed by atoms with E-state index in [9.17, 15) is 51.2 Å². The van der Waals surface area contributed by atoms with Gasteiger partial charge in [-0.3, -0.25) is 16.7 Å². The minimum atomic E-state index is -4.90. The maximum absolute atomic E-state index is 12.9. The van der Waals surface area contributed by atoms with E-state index >= 15 is 0 Å². The largest absolute Gasteiger partial charge is 0.336 e. The van der Waals surface area contributed by atoms with Gasteiger partial charge in [0.15, 0.2) is 0 Å². The fourth-order valence-electron chi connectivity index (χ4n) is 0.948. The third kappa shape index (κ3) is 20.8. The van der Waals surface area contributed by atoms with Crippen LogP contribution in [0.4, 0.5) is 17.6 Å². The molecule has 0 aromatic carbocycles. The number of hydrogen-bond donors (Lipinski definition) is 0. The molecule has 0 N–H and O–H groups in total. The van der Waals surface area contributed by atoms with Gasteiger partial charge >= 0.3 is 11.8 Å². The second-order valence-corrected chi connectivity index (χ2v) is 12.2. The lowest BCUT2D eigenvalue weighted by Gasteiger charge is -2.25. The number of rotatable bonds is 11. The van der Waals surface area contributed by atoms with Crippen LogP contribution >= 0.6 is 0 Å². The molecule has 0 radical (unpaired) electrons. The molecule has 0 atom stereocenters. The zero-order valence-corrected chi connectivity index (χ0v) is 20.1. The average molecular weight is 561 g/mol. The highest BCUT2D eigenvalue weighted by atomic mass is 32.2. The summed E-state index contributed by atoms with van der Waals surface area (Å²) in [6.45, 7) is -4.87. The van der Waals surface area contributed by atoms with Gasteiger partial charge in [0.2, 0.25) is 0 Å². The Morgan fingerprint density at radius 1 is 0.531 bits per heavy atom. The van der Waals surface area contributed by atoms with Crippen LogP contribution in [0.5, 0.6) is 0 Å². The van der Waals surface area contributed by atoms with Crippen LogP contribution in [0.25, 0.3) is 0 Å². The molecular weight excluding hydrogens is 540 g/mol. The Labute approximate surface area is 183 Å². The number of alkyl halides is 4. The van der Waals surface area contributed by atoms with Gasteiger partial charge in [-0.2, -0.15) is 51.2 Å². The lowest BCUT2D eigenvalue weighted by molar-refractivity contribution is -0.231. The summed E-state index contributed by atoms with van der Waals surface area (Å²) in [4.78, 5) is 0. The Morgan fingerprint density at radius 2 is 0.750 bits per heavy atom. The fraction of sp³-hybridized carbons (Fsp3) is 0.833. The van der Waals surface area contributed by atoms with Crippen LogP contribution in [-0.4, -0.2) is 97.0 Å². The van der Waals surface area contributed by atoms with Crippen molar-refractivity contribution in [2.24, 2.45) is 0 Å². The summed E-state index contributed by atoms with van der Waals surface area (Å²) in [6, 6.07) is 0. The van der Waals surface area contributed by atoms with E-state index in [2.05, 4.69) is 28.6 Å². The Balaban J connectivity index is 0. The molecule has 0 rings (SSSR count). The van der Waals surface area contributed by atoms with E-state index in [1.165, 1.54) is 0 Å². The smallest absolute Gasteiger partial charge is 0.264 e. The fourth-order valence-corrected chi connectivity index (χ4v) is 2.22. The highest BCUT2D eigenvalue weighted by molar-refractivity contribution is 7.86. The van der Waals surface area contributed by atoms with E-state index in [1.807, 2.05) is 0 Å². The second-order valence-electron chi connectivity index (χ2n) is 5.63. The van der Waals surface area contributed by atoms with Crippen LogP contribution in [0.2, 0.25) is 0 Å². The van der Waals surface area contributed by atoms with Crippen molar-refractivity contribution in [1.82, 2.24) is 0 Å². The summed E-state index contributed by atoms with van der Waals surface area (Å²) in [5.41, 5.74) is 0. The van der Waals surface area contributed by atoms with E-state index in [0.717, 1.165) is 12.5 Å². The predicted octanol–water partition coefficient (Wildman–Crippen LogP) is -0.848. The topological polar surface area (TPSA) is 173 Å².